The van der Waals surface area contributed by atoms with E-state index in [-0.39, 0.29) is 36.9 Å². The molecule has 1 heterocycles. The van der Waals surface area contributed by atoms with Crippen LogP contribution in [0.4, 0.5) is 0 Å². The van der Waals surface area contributed by atoms with E-state index in [2.05, 4.69) is 27.7 Å². The summed E-state index contributed by atoms with van der Waals surface area (Å²) >= 11 is 4.58. The van der Waals surface area contributed by atoms with Crippen LogP contribution >= 0.6 is 12.2 Å². The number of aliphatic hydroxyl groups is 1. The first-order chi connectivity index (χ1) is 7.56. The Morgan fingerprint density at radius 2 is 2.41 bits per heavy atom. The van der Waals surface area contributed by atoms with Crippen molar-refractivity contribution < 1.29 is 29.7 Å². The number of aromatic nitrogens is 1. The van der Waals surface area contributed by atoms with Crippen LogP contribution in [0.15, 0.2) is 11.3 Å². The van der Waals surface area contributed by atoms with Crippen molar-refractivity contribution in [2.45, 2.75) is 13.5 Å². The van der Waals surface area contributed by atoms with Gasteiger partial charge < -0.3 is 15.9 Å². The van der Waals surface area contributed by atoms with E-state index in [4.69, 9.17) is 15.9 Å². The molecule has 0 radical (unpaired) electrons. The van der Waals surface area contributed by atoms with Gasteiger partial charge in [-0.05, 0) is 19.1 Å². The minimum Gasteiger partial charge on any atom is -0.592 e. The van der Waals surface area contributed by atoms with Crippen LogP contribution in [0.2, 0.25) is 0 Å². The Labute approximate surface area is 117 Å². The summed E-state index contributed by atoms with van der Waals surface area (Å²) in [5.41, 5.74) is 9.17. The second-order valence-electron chi connectivity index (χ2n) is 3.05. The van der Waals surface area contributed by atoms with Crippen molar-refractivity contribution in [3.63, 3.8) is 0 Å². The summed E-state index contributed by atoms with van der Waals surface area (Å²) in [5.74, 6) is 0.222. The van der Waals surface area contributed by atoms with E-state index >= 15 is 0 Å². The molecule has 0 atom stereocenters. The number of hydrogen-bond donors (Lipinski definition) is 3. The van der Waals surface area contributed by atoms with Crippen LogP contribution in [0, 0.1) is 6.92 Å². The first-order valence-corrected chi connectivity index (χ1v) is 4.86. The molecule has 0 aliphatic heterocycles. The fourth-order valence-electron chi connectivity index (χ4n) is 1.10. The van der Waals surface area contributed by atoms with E-state index in [0.29, 0.717) is 16.8 Å². The van der Waals surface area contributed by atoms with Gasteiger partial charge in [-0.3, -0.25) is 10.4 Å². The van der Waals surface area contributed by atoms with Gasteiger partial charge in [0.05, 0.1) is 18.4 Å². The number of nitrogens with two attached hydrogens (primary N) is 1. The van der Waals surface area contributed by atoms with E-state index in [1.54, 1.807) is 6.92 Å². The minimum atomic E-state index is -0.201. The molecule has 1 rings (SSSR count). The minimum absolute atomic E-state index is 0. The van der Waals surface area contributed by atoms with Crippen molar-refractivity contribution in [3.05, 3.63) is 23.0 Å². The fourth-order valence-corrected chi connectivity index (χ4v) is 1.15. The molecule has 1 aromatic heterocycles. The van der Waals surface area contributed by atoms with Gasteiger partial charge in [-0.2, -0.15) is 5.10 Å². The molecule has 6 N–H and O–H groups in total. The Kier molecular flexibility index (Phi) is 6.79. The smallest absolute Gasteiger partial charge is 0.592 e. The standard InChI is InChI=1S/C9H12N4O2S.Zn/c1-5-8(15)7(3-12-13-9(10)16)6(4-14)2-11-5;/h2-3,14-15H,4H2,1H3,(H3,10,13,16);/q;+2/p+1. The summed E-state index contributed by atoms with van der Waals surface area (Å²) in [6.07, 6.45) is 2.90. The number of aliphatic hydroxyl groups excluding tert-OH is 1. The van der Waals surface area contributed by atoms with Crippen molar-refractivity contribution in [1.82, 2.24) is 10.4 Å². The Balaban J connectivity index is 0.00000256. The topological polar surface area (TPSA) is 106 Å². The average molecular weight is 307 g/mol. The zero-order valence-corrected chi connectivity index (χ0v) is 13.2. The number of pyridine rings is 1. The van der Waals surface area contributed by atoms with Gasteiger partial charge in [0.15, 0.2) is 5.11 Å². The molecule has 1 aromatic rings. The number of nitrogens with one attached hydrogen (secondary N) is 1. The van der Waals surface area contributed by atoms with Crippen LogP contribution in [0.3, 0.4) is 0 Å². The number of nitrogens with zero attached hydrogens (tertiary/aromatic N) is 2. The van der Waals surface area contributed by atoms with Crippen LogP contribution in [-0.4, -0.2) is 26.5 Å². The Hall–Kier alpha value is -1.11. The van der Waals surface area contributed by atoms with Gasteiger partial charge >= 0.3 is 19.5 Å². The molecule has 0 spiro atoms. The summed E-state index contributed by atoms with van der Waals surface area (Å²) in [7, 11) is 0. The van der Waals surface area contributed by atoms with Gasteiger partial charge in [-0.1, -0.05) is 0 Å². The molecule has 0 unspecified atom stereocenters. The molecule has 86 valence electrons. The van der Waals surface area contributed by atoms with E-state index in [1.165, 1.54) is 12.4 Å². The predicted octanol–water partition coefficient (Wildman–Crippen LogP) is -0.515. The molecule has 0 saturated carbocycles. The van der Waals surface area contributed by atoms with Crippen molar-refractivity contribution in [3.8, 4) is 5.75 Å². The number of hydrazone groups is 1. The number of rotatable bonds is 3. The first kappa shape index (κ1) is 15.9. The Bertz CT molecular complexity index is 439. The molecule has 0 aromatic carbocycles. The zero-order chi connectivity index (χ0) is 12.1. The second kappa shape index (κ2) is 7.26. The van der Waals surface area contributed by atoms with Gasteiger partial charge in [-0.15, -0.1) is 0 Å². The van der Waals surface area contributed by atoms with Crippen LogP contribution in [0.5, 0.6) is 5.75 Å². The summed E-state index contributed by atoms with van der Waals surface area (Å²) < 4.78 is 0. The van der Waals surface area contributed by atoms with Crippen molar-refractivity contribution in [2.75, 3.05) is 0 Å². The molecular weight excluding hydrogens is 294 g/mol. The van der Waals surface area contributed by atoms with Crippen LogP contribution < -0.4 is 11.2 Å². The Morgan fingerprint density at radius 3 is 2.94 bits per heavy atom. The fraction of sp³-hybridized carbons (Fsp3) is 0.222. The van der Waals surface area contributed by atoms with E-state index < -0.39 is 0 Å². The normalized spacial score (nSPS) is 10.0. The molecule has 0 fully saturated rings. The van der Waals surface area contributed by atoms with E-state index in [0.717, 1.165) is 0 Å². The molecule has 8 heteroatoms. The summed E-state index contributed by atoms with van der Waals surface area (Å²) in [6, 6.07) is 0. The maximum atomic E-state index is 9.09. The van der Waals surface area contributed by atoms with Crippen molar-refractivity contribution in [1.29, 1.82) is 0 Å². The van der Waals surface area contributed by atoms with Gasteiger partial charge in [0.25, 0.3) is 5.75 Å². The summed E-state index contributed by atoms with van der Waals surface area (Å²) in [4.78, 5) is 3.97. The third-order valence-corrected chi connectivity index (χ3v) is 2.02. The molecule has 0 bridgehead atoms. The number of aryl methyl sites for hydroxylation is 1. The van der Waals surface area contributed by atoms with E-state index in [9.17, 15) is 0 Å². The predicted molar refractivity (Wildman–Crippen MR) is 65.5 cm³/mol. The summed E-state index contributed by atoms with van der Waals surface area (Å²) in [5, 5.41) is 20.6. The maximum absolute atomic E-state index is 9.09. The van der Waals surface area contributed by atoms with Gasteiger partial charge in [0.1, 0.15) is 5.69 Å². The maximum Gasteiger partial charge on any atom is 2.00 e. The zero-order valence-electron chi connectivity index (χ0n) is 9.40. The van der Waals surface area contributed by atoms with Crippen molar-refractivity contribution in [2.24, 2.45) is 10.8 Å². The van der Waals surface area contributed by atoms with Gasteiger partial charge in [0.2, 0.25) is 0 Å². The largest absolute Gasteiger partial charge is 2.00 e. The van der Waals surface area contributed by atoms with Crippen LogP contribution in [-0.2, 0) is 26.1 Å². The van der Waals surface area contributed by atoms with Gasteiger partial charge in [0, 0.05) is 11.8 Å². The van der Waals surface area contributed by atoms with Crippen molar-refractivity contribution >= 4 is 23.5 Å². The van der Waals surface area contributed by atoms with Crippen LogP contribution in [0.25, 0.3) is 0 Å². The molecule has 0 aliphatic carbocycles. The Morgan fingerprint density at radius 1 is 1.76 bits per heavy atom. The third kappa shape index (κ3) is 4.34. The van der Waals surface area contributed by atoms with Gasteiger partial charge in [-0.25, -0.2) is 0 Å². The molecule has 0 aliphatic rings. The SMILES string of the molecule is Cc1ncc(CO)c(C=NNC(N)=S)c1[OH2+].[Zn+2]. The number of hydrogen-bond acceptors (Lipinski definition) is 4. The molecule has 0 amide bonds. The number of thiocarbonyl (C=S) groups is 1. The molecule has 17 heavy (non-hydrogen) atoms. The first-order valence-electron chi connectivity index (χ1n) is 4.45. The van der Waals surface area contributed by atoms with Crippen LogP contribution in [0.1, 0.15) is 16.8 Å². The quantitative estimate of drug-likeness (QED) is 0.229. The average Bonchev–Trinajstić information content (AvgIpc) is 2.24. The second-order valence-corrected chi connectivity index (χ2v) is 3.49. The third-order valence-electron chi connectivity index (χ3n) is 1.93. The molecule has 0 saturated heterocycles. The van der Waals surface area contributed by atoms with E-state index in [1.807, 2.05) is 0 Å². The monoisotopic (exact) mass is 305 g/mol. The summed E-state index contributed by atoms with van der Waals surface area (Å²) in [6.45, 7) is 1.51. The molecular formula is C9H13N4O2SZn+3. The molecule has 6 nitrogen and oxygen atoms in total.